The Morgan fingerprint density at radius 1 is 1.33 bits per heavy atom. The SMILES string of the molecule is COc1cc(C(F)(F)F)cc(S(=O)(=O)N(C)CC(=O)O)c1. The van der Waals surface area contributed by atoms with E-state index in [0.29, 0.717) is 16.4 Å². The fourth-order valence-electron chi connectivity index (χ4n) is 1.46. The molecule has 0 spiro atoms. The van der Waals surface area contributed by atoms with Crippen LogP contribution in [0.3, 0.4) is 0 Å². The Morgan fingerprint density at radius 2 is 1.90 bits per heavy atom. The Labute approximate surface area is 118 Å². The van der Waals surface area contributed by atoms with Crippen molar-refractivity contribution in [2.24, 2.45) is 0 Å². The first-order valence-corrected chi connectivity index (χ1v) is 6.87. The number of aliphatic carboxylic acids is 1. The third-order valence-corrected chi connectivity index (χ3v) is 4.29. The highest BCUT2D eigenvalue weighted by Crippen LogP contribution is 2.34. The van der Waals surface area contributed by atoms with Crippen LogP contribution in [0.15, 0.2) is 23.1 Å². The zero-order valence-electron chi connectivity index (χ0n) is 11.0. The second kappa shape index (κ2) is 5.90. The maximum Gasteiger partial charge on any atom is 0.416 e. The van der Waals surface area contributed by atoms with Crippen LogP contribution in [0.4, 0.5) is 13.2 Å². The van der Waals surface area contributed by atoms with Gasteiger partial charge in [-0.3, -0.25) is 4.79 Å². The molecule has 0 heterocycles. The summed E-state index contributed by atoms with van der Waals surface area (Å²) in [7, 11) is -2.33. The number of sulfonamides is 1. The van der Waals surface area contributed by atoms with E-state index >= 15 is 0 Å². The number of alkyl halides is 3. The molecule has 10 heteroatoms. The number of methoxy groups -OCH3 is 1. The largest absolute Gasteiger partial charge is 0.497 e. The molecule has 0 aliphatic carbocycles. The predicted molar refractivity (Wildman–Crippen MR) is 65.4 cm³/mol. The van der Waals surface area contributed by atoms with Gasteiger partial charge in [0.15, 0.2) is 0 Å². The van der Waals surface area contributed by atoms with Crippen LogP contribution in [-0.4, -0.2) is 44.5 Å². The second-order valence-electron chi connectivity index (χ2n) is 4.05. The fourth-order valence-corrected chi connectivity index (χ4v) is 2.64. The summed E-state index contributed by atoms with van der Waals surface area (Å²) < 4.78 is 67.4. The predicted octanol–water partition coefficient (Wildman–Crippen LogP) is 1.42. The summed E-state index contributed by atoms with van der Waals surface area (Å²) in [5, 5.41) is 8.57. The van der Waals surface area contributed by atoms with Crippen LogP contribution in [-0.2, 0) is 21.0 Å². The Kier molecular flexibility index (Phi) is 4.84. The minimum absolute atomic E-state index is 0.299. The molecule has 0 amide bonds. The molecule has 0 bridgehead atoms. The van der Waals surface area contributed by atoms with E-state index in [1.165, 1.54) is 0 Å². The highest BCUT2D eigenvalue weighted by Gasteiger charge is 2.34. The van der Waals surface area contributed by atoms with Gasteiger partial charge in [-0.25, -0.2) is 8.42 Å². The zero-order chi connectivity index (χ0) is 16.4. The molecule has 118 valence electrons. The van der Waals surface area contributed by atoms with Crippen molar-refractivity contribution in [3.63, 3.8) is 0 Å². The van der Waals surface area contributed by atoms with Crippen molar-refractivity contribution in [2.45, 2.75) is 11.1 Å². The first-order valence-electron chi connectivity index (χ1n) is 5.43. The first kappa shape index (κ1) is 17.2. The summed E-state index contributed by atoms with van der Waals surface area (Å²) in [5.74, 6) is -1.73. The number of halogens is 3. The molecule has 0 unspecified atom stereocenters. The van der Waals surface area contributed by atoms with E-state index in [0.717, 1.165) is 20.2 Å². The number of benzene rings is 1. The summed E-state index contributed by atoms with van der Waals surface area (Å²) in [5.41, 5.74) is -1.20. The average molecular weight is 327 g/mol. The van der Waals surface area contributed by atoms with E-state index in [1.54, 1.807) is 0 Å². The number of hydrogen-bond acceptors (Lipinski definition) is 4. The Balaban J connectivity index is 3.38. The van der Waals surface area contributed by atoms with E-state index in [1.807, 2.05) is 0 Å². The maximum atomic E-state index is 12.7. The molecular formula is C11H12F3NO5S. The molecule has 0 atom stereocenters. The van der Waals surface area contributed by atoms with E-state index in [4.69, 9.17) is 5.11 Å². The first-order chi connectivity index (χ1) is 9.48. The fraction of sp³-hybridized carbons (Fsp3) is 0.364. The number of ether oxygens (including phenoxy) is 1. The molecule has 0 radical (unpaired) electrons. The van der Waals surface area contributed by atoms with E-state index in [2.05, 4.69) is 4.74 Å². The zero-order valence-corrected chi connectivity index (χ0v) is 11.8. The van der Waals surface area contributed by atoms with Crippen molar-refractivity contribution in [2.75, 3.05) is 20.7 Å². The molecular weight excluding hydrogens is 315 g/mol. The van der Waals surface area contributed by atoms with Crippen LogP contribution < -0.4 is 4.74 Å². The molecule has 0 aliphatic rings. The van der Waals surface area contributed by atoms with Gasteiger partial charge < -0.3 is 9.84 Å². The van der Waals surface area contributed by atoms with Crippen molar-refractivity contribution >= 4 is 16.0 Å². The summed E-state index contributed by atoms with van der Waals surface area (Å²) in [6, 6.07) is 1.97. The third-order valence-electron chi connectivity index (χ3n) is 2.51. The number of carbonyl (C=O) groups is 1. The molecule has 6 nitrogen and oxygen atoms in total. The minimum Gasteiger partial charge on any atom is -0.497 e. The van der Waals surface area contributed by atoms with Gasteiger partial charge in [0.05, 0.1) is 17.6 Å². The Hall–Kier alpha value is -1.81. The molecule has 0 saturated carbocycles. The maximum absolute atomic E-state index is 12.7. The average Bonchev–Trinajstić information content (AvgIpc) is 2.36. The van der Waals surface area contributed by atoms with Crippen molar-refractivity contribution in [1.29, 1.82) is 0 Å². The van der Waals surface area contributed by atoms with Gasteiger partial charge >= 0.3 is 12.1 Å². The molecule has 1 rings (SSSR count). The van der Waals surface area contributed by atoms with Crippen molar-refractivity contribution in [3.05, 3.63) is 23.8 Å². The van der Waals surface area contributed by atoms with Crippen LogP contribution in [0.25, 0.3) is 0 Å². The Morgan fingerprint density at radius 3 is 2.33 bits per heavy atom. The van der Waals surface area contributed by atoms with Gasteiger partial charge in [0.25, 0.3) is 0 Å². The summed E-state index contributed by atoms with van der Waals surface area (Å²) >= 11 is 0. The monoisotopic (exact) mass is 327 g/mol. The van der Waals surface area contributed by atoms with Gasteiger partial charge in [-0.1, -0.05) is 0 Å². The molecule has 0 aromatic heterocycles. The number of hydrogen-bond donors (Lipinski definition) is 1. The number of carboxylic acid groups (broad SMARTS) is 1. The topological polar surface area (TPSA) is 83.9 Å². The van der Waals surface area contributed by atoms with Gasteiger partial charge in [0.1, 0.15) is 12.3 Å². The van der Waals surface area contributed by atoms with Crippen LogP contribution in [0.2, 0.25) is 0 Å². The smallest absolute Gasteiger partial charge is 0.416 e. The highest BCUT2D eigenvalue weighted by molar-refractivity contribution is 7.89. The highest BCUT2D eigenvalue weighted by atomic mass is 32.2. The number of likely N-dealkylation sites (N-methyl/N-ethyl adjacent to an activating group) is 1. The van der Waals surface area contributed by atoms with Gasteiger partial charge in [0.2, 0.25) is 10.0 Å². The lowest BCUT2D eigenvalue weighted by Gasteiger charge is -2.17. The molecule has 1 N–H and O–H groups in total. The van der Waals surface area contributed by atoms with E-state index < -0.39 is 39.2 Å². The lowest BCUT2D eigenvalue weighted by atomic mass is 10.2. The Bertz CT molecular complexity index is 642. The van der Waals surface area contributed by atoms with Gasteiger partial charge in [-0.2, -0.15) is 17.5 Å². The van der Waals surface area contributed by atoms with Gasteiger partial charge in [-0.15, -0.1) is 0 Å². The molecule has 0 saturated heterocycles. The standard InChI is InChI=1S/C11H12F3NO5S/c1-15(6-10(16)17)21(18,19)9-4-7(11(12,13)14)3-8(5-9)20-2/h3-5H,6H2,1-2H3,(H,16,17). The second-order valence-corrected chi connectivity index (χ2v) is 6.09. The van der Waals surface area contributed by atoms with Crippen LogP contribution in [0.5, 0.6) is 5.75 Å². The summed E-state index contributed by atoms with van der Waals surface area (Å²) in [6.07, 6.45) is -4.76. The van der Waals surface area contributed by atoms with E-state index in [9.17, 15) is 26.4 Å². The number of carboxylic acids is 1. The van der Waals surface area contributed by atoms with Gasteiger partial charge in [0, 0.05) is 13.1 Å². The van der Waals surface area contributed by atoms with Crippen LogP contribution in [0.1, 0.15) is 5.56 Å². The molecule has 1 aromatic carbocycles. The molecule has 1 aromatic rings. The van der Waals surface area contributed by atoms with Crippen molar-refractivity contribution in [3.8, 4) is 5.75 Å². The lowest BCUT2D eigenvalue weighted by Crippen LogP contribution is -2.32. The minimum atomic E-state index is -4.76. The molecule has 0 aliphatic heterocycles. The van der Waals surface area contributed by atoms with E-state index in [-0.39, 0.29) is 5.75 Å². The number of rotatable bonds is 5. The summed E-state index contributed by atoms with van der Waals surface area (Å²) in [6.45, 7) is -0.874. The normalized spacial score (nSPS) is 12.5. The number of nitrogens with zero attached hydrogens (tertiary/aromatic N) is 1. The van der Waals surface area contributed by atoms with Crippen LogP contribution in [0, 0.1) is 0 Å². The van der Waals surface area contributed by atoms with Crippen molar-refractivity contribution in [1.82, 2.24) is 4.31 Å². The third kappa shape index (κ3) is 4.08. The molecule has 21 heavy (non-hydrogen) atoms. The lowest BCUT2D eigenvalue weighted by molar-refractivity contribution is -0.138. The summed E-state index contributed by atoms with van der Waals surface area (Å²) in [4.78, 5) is 9.83. The quantitative estimate of drug-likeness (QED) is 0.884. The van der Waals surface area contributed by atoms with Crippen LogP contribution >= 0.6 is 0 Å². The van der Waals surface area contributed by atoms with Crippen molar-refractivity contribution < 1.29 is 36.2 Å². The molecule has 0 fully saturated rings. The van der Waals surface area contributed by atoms with Gasteiger partial charge in [-0.05, 0) is 12.1 Å².